The third-order valence-corrected chi connectivity index (χ3v) is 2.71. The first-order valence-corrected chi connectivity index (χ1v) is 4.51. The summed E-state index contributed by atoms with van der Waals surface area (Å²) in [5, 5.41) is 0. The van der Waals surface area contributed by atoms with Crippen molar-refractivity contribution in [3.8, 4) is 0 Å². The second kappa shape index (κ2) is 3.11. The first-order chi connectivity index (χ1) is 5.46. The van der Waals surface area contributed by atoms with E-state index in [1.165, 1.54) is 11.4 Å². The Morgan fingerprint density at radius 3 is 2.17 bits per heavy atom. The summed E-state index contributed by atoms with van der Waals surface area (Å²) >= 11 is 9.97. The lowest BCUT2D eigenvalue weighted by Crippen LogP contribution is -2.36. The largest absolute Gasteiger partial charge is 0.421 e. The number of aromatic nitrogens is 2. The number of imidazole rings is 1. The van der Waals surface area contributed by atoms with E-state index < -0.39 is 0 Å². The van der Waals surface area contributed by atoms with Gasteiger partial charge in [0.15, 0.2) is 0 Å². The number of nitrogens with zero attached hydrogens (tertiary/aromatic N) is 2. The topological polar surface area (TPSA) is 8.81 Å². The maximum absolute atomic E-state index is 4.98. The van der Waals surface area contributed by atoms with Crippen LogP contribution in [0.3, 0.4) is 0 Å². The SMILES string of the molecule is Cc1c(C)[n+](C)c(C(=S)[S-])n1C. The van der Waals surface area contributed by atoms with Gasteiger partial charge in [0.2, 0.25) is 0 Å². The van der Waals surface area contributed by atoms with Gasteiger partial charge >= 0.3 is 0 Å². The Labute approximate surface area is 83.6 Å². The Morgan fingerprint density at radius 1 is 1.50 bits per heavy atom. The molecule has 4 heteroatoms. The third-order valence-electron chi connectivity index (χ3n) is 2.35. The minimum atomic E-state index is 0.524. The Kier molecular flexibility index (Phi) is 2.49. The van der Waals surface area contributed by atoms with Gasteiger partial charge in [-0.15, -0.1) is 0 Å². The highest BCUT2D eigenvalue weighted by atomic mass is 32.1. The molecule has 0 N–H and O–H groups in total. The van der Waals surface area contributed by atoms with Crippen LogP contribution >= 0.6 is 12.2 Å². The molecular weight excluding hydrogens is 188 g/mol. The molecule has 0 amide bonds. The van der Waals surface area contributed by atoms with Crippen LogP contribution in [0.15, 0.2) is 0 Å². The molecule has 0 unspecified atom stereocenters. The first kappa shape index (κ1) is 9.61. The molecule has 0 aromatic carbocycles. The lowest BCUT2D eigenvalue weighted by atomic mass is 10.4. The smallest absolute Gasteiger partial charge is 0.268 e. The molecule has 1 heterocycles. The maximum Gasteiger partial charge on any atom is 0.268 e. The predicted molar refractivity (Wildman–Crippen MR) is 55.1 cm³/mol. The summed E-state index contributed by atoms with van der Waals surface area (Å²) in [6.45, 7) is 4.12. The molecule has 0 fully saturated rings. The van der Waals surface area contributed by atoms with Gasteiger partial charge in [0, 0.05) is 13.8 Å². The van der Waals surface area contributed by atoms with E-state index in [1.807, 2.05) is 23.2 Å². The molecule has 0 atom stereocenters. The molecule has 0 bridgehead atoms. The molecule has 0 aliphatic carbocycles. The van der Waals surface area contributed by atoms with E-state index in [2.05, 4.69) is 13.8 Å². The molecule has 1 rings (SSSR count). The Hall–Kier alpha value is -0.480. The molecule has 12 heavy (non-hydrogen) atoms. The molecule has 0 aliphatic heterocycles. The van der Waals surface area contributed by atoms with Gasteiger partial charge in [-0.05, 0) is 4.20 Å². The van der Waals surface area contributed by atoms with Crippen molar-refractivity contribution >= 4 is 29.0 Å². The molecule has 66 valence electrons. The van der Waals surface area contributed by atoms with Gasteiger partial charge in [0.05, 0.1) is 14.1 Å². The van der Waals surface area contributed by atoms with E-state index in [-0.39, 0.29) is 0 Å². The van der Waals surface area contributed by atoms with Crippen molar-refractivity contribution < 1.29 is 4.57 Å². The maximum atomic E-state index is 4.98. The molecule has 0 saturated heterocycles. The Bertz CT molecular complexity index is 314. The summed E-state index contributed by atoms with van der Waals surface area (Å²) in [7, 11) is 3.96. The summed E-state index contributed by atoms with van der Waals surface area (Å²) in [5.74, 6) is 0.940. The van der Waals surface area contributed by atoms with Crippen LogP contribution < -0.4 is 4.57 Å². The molecule has 0 saturated carbocycles. The number of hydrogen-bond acceptors (Lipinski definition) is 2. The first-order valence-electron chi connectivity index (χ1n) is 3.70. The Balaban J connectivity index is 3.48. The predicted octanol–water partition coefficient (Wildman–Crippen LogP) is 0.689. The minimum Gasteiger partial charge on any atom is -0.421 e. The van der Waals surface area contributed by atoms with Gasteiger partial charge in [-0.2, -0.15) is 0 Å². The van der Waals surface area contributed by atoms with Crippen LogP contribution in [0.4, 0.5) is 0 Å². The standard InChI is InChI=1S/C8H12N2S2/c1-5-6(2)10(4)7(8(11)12)9(5)3/h1-4H3. The fourth-order valence-corrected chi connectivity index (χ4v) is 1.85. The summed E-state index contributed by atoms with van der Waals surface area (Å²) in [5.41, 5.74) is 2.42. The molecular formula is C8H12N2S2. The van der Waals surface area contributed by atoms with Gasteiger partial charge in [-0.1, -0.05) is 0 Å². The van der Waals surface area contributed by atoms with Crippen molar-refractivity contribution in [1.29, 1.82) is 0 Å². The lowest BCUT2D eigenvalue weighted by Gasteiger charge is -2.01. The van der Waals surface area contributed by atoms with Crippen molar-refractivity contribution in [2.24, 2.45) is 14.1 Å². The van der Waals surface area contributed by atoms with Crippen LogP contribution in [-0.4, -0.2) is 8.76 Å². The van der Waals surface area contributed by atoms with Crippen LogP contribution in [0.1, 0.15) is 17.2 Å². The van der Waals surface area contributed by atoms with Crippen molar-refractivity contribution in [2.75, 3.05) is 0 Å². The molecule has 2 nitrogen and oxygen atoms in total. The number of rotatable bonds is 1. The van der Waals surface area contributed by atoms with E-state index in [0.717, 1.165) is 5.82 Å². The normalized spacial score (nSPS) is 10.3. The quantitative estimate of drug-likeness (QED) is 0.375. The summed E-state index contributed by atoms with van der Waals surface area (Å²) < 4.78 is 4.59. The molecule has 0 spiro atoms. The van der Waals surface area contributed by atoms with E-state index in [0.29, 0.717) is 4.20 Å². The Morgan fingerprint density at radius 2 is 2.00 bits per heavy atom. The van der Waals surface area contributed by atoms with Gasteiger partial charge in [0.1, 0.15) is 11.4 Å². The van der Waals surface area contributed by atoms with Crippen LogP contribution in [0.25, 0.3) is 0 Å². The zero-order valence-electron chi connectivity index (χ0n) is 7.71. The van der Waals surface area contributed by atoms with Crippen molar-refractivity contribution in [2.45, 2.75) is 13.8 Å². The van der Waals surface area contributed by atoms with E-state index in [1.54, 1.807) is 0 Å². The van der Waals surface area contributed by atoms with E-state index in [9.17, 15) is 0 Å². The minimum absolute atomic E-state index is 0.524. The average Bonchev–Trinajstić information content (AvgIpc) is 2.16. The molecule has 0 radical (unpaired) electrons. The van der Waals surface area contributed by atoms with E-state index >= 15 is 0 Å². The molecule has 0 aliphatic rings. The highest BCUT2D eigenvalue weighted by Gasteiger charge is 2.18. The van der Waals surface area contributed by atoms with Crippen LogP contribution in [0, 0.1) is 13.8 Å². The van der Waals surface area contributed by atoms with Crippen molar-refractivity contribution in [3.05, 3.63) is 17.2 Å². The highest BCUT2D eigenvalue weighted by molar-refractivity contribution is 8.01. The average molecular weight is 200 g/mol. The second-order valence-electron chi connectivity index (χ2n) is 2.90. The number of thiocarbonyl (C=S) groups is 1. The molecule has 1 aromatic rings. The summed E-state index contributed by atoms with van der Waals surface area (Å²) in [6.07, 6.45) is 0. The second-order valence-corrected chi connectivity index (χ2v) is 3.97. The van der Waals surface area contributed by atoms with Crippen molar-refractivity contribution in [1.82, 2.24) is 4.57 Å². The van der Waals surface area contributed by atoms with Crippen LogP contribution in [-0.2, 0) is 26.7 Å². The zero-order valence-corrected chi connectivity index (χ0v) is 9.34. The van der Waals surface area contributed by atoms with Gasteiger partial charge in [-0.25, -0.2) is 9.13 Å². The highest BCUT2D eigenvalue weighted by Crippen LogP contribution is 2.05. The van der Waals surface area contributed by atoms with Crippen molar-refractivity contribution in [3.63, 3.8) is 0 Å². The number of hydrogen-bond donors (Lipinski definition) is 0. The monoisotopic (exact) mass is 200 g/mol. The van der Waals surface area contributed by atoms with E-state index in [4.69, 9.17) is 24.8 Å². The van der Waals surface area contributed by atoms with Crippen LogP contribution in [0.2, 0.25) is 0 Å². The summed E-state index contributed by atoms with van der Waals surface area (Å²) in [6, 6.07) is 0. The lowest BCUT2D eigenvalue weighted by molar-refractivity contribution is -0.677. The van der Waals surface area contributed by atoms with Crippen LogP contribution in [0.5, 0.6) is 0 Å². The molecule has 1 aromatic heterocycles. The zero-order chi connectivity index (χ0) is 9.46. The summed E-state index contributed by atoms with van der Waals surface area (Å²) in [4.78, 5) is 0. The fraction of sp³-hybridized carbons (Fsp3) is 0.500. The van der Waals surface area contributed by atoms with Gasteiger partial charge in [0.25, 0.3) is 5.82 Å². The van der Waals surface area contributed by atoms with Gasteiger partial charge in [-0.3, -0.25) is 0 Å². The third kappa shape index (κ3) is 1.25. The van der Waals surface area contributed by atoms with Gasteiger partial charge < -0.3 is 24.8 Å². The fourth-order valence-electron chi connectivity index (χ4n) is 1.30.